The van der Waals surface area contributed by atoms with Gasteiger partial charge in [0.1, 0.15) is 6.04 Å². The molecule has 132 valence electrons. The average molecular weight is 331 g/mol. The minimum atomic E-state index is -0.504. The molecule has 1 aliphatic carbocycles. The van der Waals surface area contributed by atoms with Gasteiger partial charge in [0, 0.05) is 20.1 Å². The molecule has 2 N–H and O–H groups in total. The molecular formula is C19H29N3O2. The summed E-state index contributed by atoms with van der Waals surface area (Å²) in [5.74, 6) is 0.330. The summed E-state index contributed by atoms with van der Waals surface area (Å²) in [7, 11) is 3.38. The molecule has 5 heteroatoms. The van der Waals surface area contributed by atoms with E-state index in [-0.39, 0.29) is 24.4 Å². The van der Waals surface area contributed by atoms with Gasteiger partial charge >= 0.3 is 0 Å². The number of hydrogen-bond donors (Lipinski definition) is 2. The second kappa shape index (κ2) is 8.83. The predicted molar refractivity (Wildman–Crippen MR) is 95.4 cm³/mol. The second-order valence-electron chi connectivity index (χ2n) is 6.84. The summed E-state index contributed by atoms with van der Waals surface area (Å²) in [6.45, 7) is 1.94. The van der Waals surface area contributed by atoms with Crippen LogP contribution >= 0.6 is 0 Å². The summed E-state index contributed by atoms with van der Waals surface area (Å²) in [4.78, 5) is 25.5. The van der Waals surface area contributed by atoms with E-state index in [2.05, 4.69) is 22.8 Å². The van der Waals surface area contributed by atoms with Crippen molar-refractivity contribution >= 4 is 11.8 Å². The van der Waals surface area contributed by atoms with Gasteiger partial charge in [0.2, 0.25) is 11.8 Å². The van der Waals surface area contributed by atoms with Crippen LogP contribution < -0.4 is 10.6 Å². The zero-order valence-electron chi connectivity index (χ0n) is 14.9. The average Bonchev–Trinajstić information content (AvgIpc) is 3.09. The number of nitrogens with zero attached hydrogens (tertiary/aromatic N) is 1. The van der Waals surface area contributed by atoms with Crippen molar-refractivity contribution in [3.05, 3.63) is 35.9 Å². The lowest BCUT2D eigenvalue weighted by molar-refractivity contribution is -0.133. The van der Waals surface area contributed by atoms with Crippen molar-refractivity contribution in [1.82, 2.24) is 15.5 Å². The first-order valence-corrected chi connectivity index (χ1v) is 8.78. The molecule has 0 aliphatic heterocycles. The smallest absolute Gasteiger partial charge is 0.244 e. The predicted octanol–water partition coefficient (Wildman–Crippen LogP) is 2.10. The molecule has 0 bridgehead atoms. The van der Waals surface area contributed by atoms with Crippen molar-refractivity contribution in [2.24, 2.45) is 5.92 Å². The summed E-state index contributed by atoms with van der Waals surface area (Å²) in [6.07, 6.45) is 4.92. The third-order valence-corrected chi connectivity index (χ3v) is 4.70. The molecule has 1 aromatic carbocycles. The van der Waals surface area contributed by atoms with Crippen LogP contribution in [-0.4, -0.2) is 43.4 Å². The van der Waals surface area contributed by atoms with Crippen molar-refractivity contribution in [3.63, 3.8) is 0 Å². The molecule has 0 unspecified atom stereocenters. The Morgan fingerprint density at radius 2 is 1.79 bits per heavy atom. The molecule has 1 fully saturated rings. The van der Waals surface area contributed by atoms with Gasteiger partial charge in [-0.3, -0.25) is 9.59 Å². The van der Waals surface area contributed by atoms with Crippen LogP contribution in [0.1, 0.15) is 44.2 Å². The van der Waals surface area contributed by atoms with Crippen molar-refractivity contribution in [1.29, 1.82) is 0 Å². The molecule has 0 radical (unpaired) electrons. The number of nitrogens with one attached hydrogen (secondary N) is 2. The highest BCUT2D eigenvalue weighted by Gasteiger charge is 2.26. The van der Waals surface area contributed by atoms with Crippen LogP contribution in [0.15, 0.2) is 30.3 Å². The van der Waals surface area contributed by atoms with Gasteiger partial charge in [-0.25, -0.2) is 0 Å². The number of amides is 2. The molecule has 5 nitrogen and oxygen atoms in total. The third kappa shape index (κ3) is 5.06. The zero-order valence-corrected chi connectivity index (χ0v) is 14.9. The lowest BCUT2D eigenvalue weighted by atomic mass is 9.91. The van der Waals surface area contributed by atoms with E-state index in [1.54, 1.807) is 21.0 Å². The largest absolute Gasteiger partial charge is 0.347 e. The summed E-state index contributed by atoms with van der Waals surface area (Å²) in [5, 5.41) is 6.18. The van der Waals surface area contributed by atoms with E-state index in [0.717, 1.165) is 0 Å². The molecule has 0 saturated heterocycles. The summed E-state index contributed by atoms with van der Waals surface area (Å²) < 4.78 is 0. The Labute approximate surface area is 144 Å². The van der Waals surface area contributed by atoms with Crippen LogP contribution in [0.3, 0.4) is 0 Å². The fraction of sp³-hybridized carbons (Fsp3) is 0.579. The van der Waals surface area contributed by atoms with Gasteiger partial charge < -0.3 is 15.5 Å². The van der Waals surface area contributed by atoms with Gasteiger partial charge in [-0.05, 0) is 31.2 Å². The van der Waals surface area contributed by atoms with Crippen LogP contribution in [0.4, 0.5) is 0 Å². The van der Waals surface area contributed by atoms with E-state index in [9.17, 15) is 9.59 Å². The molecule has 0 aromatic heterocycles. The first-order chi connectivity index (χ1) is 11.5. The van der Waals surface area contributed by atoms with E-state index in [0.29, 0.717) is 5.92 Å². The van der Waals surface area contributed by atoms with Gasteiger partial charge in [-0.2, -0.15) is 0 Å². The topological polar surface area (TPSA) is 61.4 Å². The molecule has 0 heterocycles. The summed E-state index contributed by atoms with van der Waals surface area (Å²) in [6, 6.07) is 10.0. The van der Waals surface area contributed by atoms with E-state index in [1.165, 1.54) is 36.1 Å². The fourth-order valence-electron chi connectivity index (χ4n) is 3.45. The van der Waals surface area contributed by atoms with Crippen molar-refractivity contribution in [2.75, 3.05) is 20.6 Å². The van der Waals surface area contributed by atoms with E-state index in [4.69, 9.17) is 0 Å². The minimum absolute atomic E-state index is 0.0984. The van der Waals surface area contributed by atoms with Crippen molar-refractivity contribution in [3.8, 4) is 0 Å². The second-order valence-corrected chi connectivity index (χ2v) is 6.84. The molecule has 0 spiro atoms. The molecular weight excluding hydrogens is 302 g/mol. The van der Waals surface area contributed by atoms with Crippen LogP contribution in [-0.2, 0) is 9.59 Å². The first-order valence-electron chi connectivity index (χ1n) is 8.78. The zero-order chi connectivity index (χ0) is 17.5. The van der Waals surface area contributed by atoms with E-state index in [1.807, 2.05) is 18.2 Å². The lowest BCUT2D eigenvalue weighted by Crippen LogP contribution is -2.47. The molecule has 2 rings (SSSR count). The van der Waals surface area contributed by atoms with Crippen LogP contribution in [0.5, 0.6) is 0 Å². The first kappa shape index (κ1) is 18.5. The molecule has 24 heavy (non-hydrogen) atoms. The Balaban J connectivity index is 1.93. The normalized spacial score (nSPS) is 17.3. The molecule has 2 atom stereocenters. The number of carbonyl (C=O) groups excluding carboxylic acids is 2. The monoisotopic (exact) mass is 331 g/mol. The van der Waals surface area contributed by atoms with Gasteiger partial charge in [0.25, 0.3) is 0 Å². The standard InChI is InChI=1S/C19H29N3O2/c1-14(19(24)22(2)3)21-17(23)13-20-18(16-11-7-8-12-16)15-9-5-4-6-10-15/h4-6,9-10,14,16,18,20H,7-8,11-13H2,1-3H3,(H,21,23)/t14-,18+/m1/s1. The van der Waals surface area contributed by atoms with Crippen molar-refractivity contribution in [2.45, 2.75) is 44.7 Å². The lowest BCUT2D eigenvalue weighted by Gasteiger charge is -2.25. The fourth-order valence-corrected chi connectivity index (χ4v) is 3.45. The van der Waals surface area contributed by atoms with Gasteiger partial charge in [0.05, 0.1) is 6.54 Å². The van der Waals surface area contributed by atoms with E-state index < -0.39 is 6.04 Å². The SMILES string of the molecule is C[C@@H](NC(=O)CN[C@@H](c1ccccc1)C1CCCC1)C(=O)N(C)C. The Bertz CT molecular complexity index is 539. The maximum Gasteiger partial charge on any atom is 0.244 e. The van der Waals surface area contributed by atoms with Gasteiger partial charge in [-0.15, -0.1) is 0 Å². The maximum absolute atomic E-state index is 12.2. The Morgan fingerprint density at radius 3 is 2.38 bits per heavy atom. The van der Waals surface area contributed by atoms with Gasteiger partial charge in [-0.1, -0.05) is 43.2 Å². The van der Waals surface area contributed by atoms with Crippen LogP contribution in [0.25, 0.3) is 0 Å². The number of rotatable bonds is 7. The van der Waals surface area contributed by atoms with E-state index >= 15 is 0 Å². The molecule has 1 aromatic rings. The van der Waals surface area contributed by atoms with Crippen molar-refractivity contribution < 1.29 is 9.59 Å². The summed E-state index contributed by atoms with van der Waals surface area (Å²) in [5.41, 5.74) is 1.23. The van der Waals surface area contributed by atoms with Crippen LogP contribution in [0.2, 0.25) is 0 Å². The number of hydrogen-bond acceptors (Lipinski definition) is 3. The Kier molecular flexibility index (Phi) is 6.79. The van der Waals surface area contributed by atoms with Crippen LogP contribution in [0, 0.1) is 5.92 Å². The quantitative estimate of drug-likeness (QED) is 0.804. The highest BCUT2D eigenvalue weighted by atomic mass is 16.2. The Hall–Kier alpha value is -1.88. The highest BCUT2D eigenvalue weighted by Crippen LogP contribution is 2.35. The van der Waals surface area contributed by atoms with Gasteiger partial charge in [0.15, 0.2) is 0 Å². The molecule has 1 saturated carbocycles. The number of benzene rings is 1. The highest BCUT2D eigenvalue weighted by molar-refractivity contribution is 5.87. The third-order valence-electron chi connectivity index (χ3n) is 4.70. The Morgan fingerprint density at radius 1 is 1.17 bits per heavy atom. The maximum atomic E-state index is 12.2. The molecule has 2 amide bonds. The molecule has 1 aliphatic rings. The number of carbonyl (C=O) groups is 2. The number of likely N-dealkylation sites (N-methyl/N-ethyl adjacent to an activating group) is 1. The summed E-state index contributed by atoms with van der Waals surface area (Å²) >= 11 is 0. The minimum Gasteiger partial charge on any atom is -0.347 e.